The lowest BCUT2D eigenvalue weighted by Crippen LogP contribution is -2.29. The van der Waals surface area contributed by atoms with E-state index in [1.54, 1.807) is 12.1 Å². The highest BCUT2D eigenvalue weighted by Gasteiger charge is 2.30. The summed E-state index contributed by atoms with van der Waals surface area (Å²) in [6, 6.07) is 16.7. The fourth-order valence-electron chi connectivity index (χ4n) is 3.93. The third-order valence-corrected chi connectivity index (χ3v) is 5.36. The average molecular weight is 459 g/mol. The monoisotopic (exact) mass is 458 g/mol. The highest BCUT2D eigenvalue weighted by atomic mass is 19.4. The van der Waals surface area contributed by atoms with Crippen molar-refractivity contribution in [3.63, 3.8) is 0 Å². The molecule has 176 valence electrons. The quantitative estimate of drug-likeness (QED) is 0.369. The summed E-state index contributed by atoms with van der Waals surface area (Å²) in [5.74, 6) is 0.0187. The molecule has 0 spiro atoms. The van der Waals surface area contributed by atoms with Crippen LogP contribution in [0.25, 0.3) is 0 Å². The van der Waals surface area contributed by atoms with Crippen LogP contribution in [0.3, 0.4) is 0 Å². The summed E-state index contributed by atoms with van der Waals surface area (Å²) < 4.78 is 46.2. The fourth-order valence-corrected chi connectivity index (χ4v) is 3.93. The van der Waals surface area contributed by atoms with Gasteiger partial charge in [-0.2, -0.15) is 13.2 Å². The smallest absolute Gasteiger partial charge is 0.416 e. The van der Waals surface area contributed by atoms with E-state index in [9.17, 15) is 18.0 Å². The van der Waals surface area contributed by atoms with Crippen molar-refractivity contribution in [2.75, 3.05) is 13.7 Å². The molecule has 0 saturated heterocycles. The summed E-state index contributed by atoms with van der Waals surface area (Å²) in [6.07, 6.45) is -2.48. The van der Waals surface area contributed by atoms with Gasteiger partial charge in [-0.05, 0) is 47.4 Å². The van der Waals surface area contributed by atoms with Gasteiger partial charge in [0.2, 0.25) is 0 Å². The Hall–Kier alpha value is -3.06. The summed E-state index contributed by atoms with van der Waals surface area (Å²) in [6.45, 7) is 6.55. The summed E-state index contributed by atoms with van der Waals surface area (Å²) >= 11 is 0. The molecule has 0 fully saturated rings. The largest absolute Gasteiger partial charge is 0.465 e. The van der Waals surface area contributed by atoms with Gasteiger partial charge in [0.25, 0.3) is 0 Å². The van der Waals surface area contributed by atoms with E-state index in [0.29, 0.717) is 36.7 Å². The Morgan fingerprint density at radius 2 is 1.79 bits per heavy atom. The minimum atomic E-state index is -4.36. The second-order valence-corrected chi connectivity index (χ2v) is 8.54. The minimum Gasteiger partial charge on any atom is -0.465 e. The third kappa shape index (κ3) is 6.71. The Balaban J connectivity index is 1.81. The molecule has 0 unspecified atom stereocenters. The van der Waals surface area contributed by atoms with Crippen LogP contribution in [0.15, 0.2) is 66.9 Å². The Kier molecular flexibility index (Phi) is 7.97. The van der Waals surface area contributed by atoms with Crippen LogP contribution in [0, 0.1) is 5.92 Å². The molecule has 3 aromatic rings. The number of esters is 1. The fraction of sp³-hybridized carbons (Fsp3) is 0.346. The molecule has 0 aliphatic heterocycles. The van der Waals surface area contributed by atoms with Gasteiger partial charge in [0.15, 0.2) is 0 Å². The zero-order valence-corrected chi connectivity index (χ0v) is 19.1. The maximum Gasteiger partial charge on any atom is 0.416 e. The number of hydrogen-bond donors (Lipinski definition) is 0. The second kappa shape index (κ2) is 10.7. The Bertz CT molecular complexity index is 1070. The van der Waals surface area contributed by atoms with Crippen LogP contribution >= 0.6 is 0 Å². The van der Waals surface area contributed by atoms with E-state index in [1.165, 1.54) is 19.2 Å². The lowest BCUT2D eigenvalue weighted by molar-refractivity contribution is -0.137. The molecule has 7 heteroatoms. The van der Waals surface area contributed by atoms with Crippen molar-refractivity contribution in [3.05, 3.63) is 94.8 Å². The number of methoxy groups -OCH3 is 1. The number of rotatable bonds is 9. The first-order valence-corrected chi connectivity index (χ1v) is 10.9. The predicted octanol–water partition coefficient (Wildman–Crippen LogP) is 6.00. The maximum atomic E-state index is 13.1. The van der Waals surface area contributed by atoms with E-state index in [0.717, 1.165) is 23.9 Å². The normalized spacial score (nSPS) is 11.9. The zero-order valence-electron chi connectivity index (χ0n) is 19.1. The van der Waals surface area contributed by atoms with Gasteiger partial charge in [0.05, 0.1) is 18.2 Å². The number of nitrogens with zero attached hydrogens (tertiary/aromatic N) is 2. The van der Waals surface area contributed by atoms with Crippen LogP contribution in [-0.2, 0) is 30.5 Å². The molecule has 0 aliphatic rings. The number of halogens is 3. The number of hydrogen-bond acceptors (Lipinski definition) is 3. The molecule has 4 nitrogen and oxygen atoms in total. The standard InChI is InChI=1S/C26H29F3N2O2/c1-19(2)15-30(17-21-9-4-5-12-24(21)25(32)33-3)18-23-11-7-13-31(23)16-20-8-6-10-22(14-20)26(27,28)29/h4-14,19H,15-18H2,1-3H3. The summed E-state index contributed by atoms with van der Waals surface area (Å²) in [7, 11) is 1.37. The van der Waals surface area contributed by atoms with Gasteiger partial charge < -0.3 is 9.30 Å². The first kappa shape index (κ1) is 24.6. The SMILES string of the molecule is COC(=O)c1ccccc1CN(Cc1cccn1Cc1cccc(C(F)(F)F)c1)CC(C)C. The molecule has 0 radical (unpaired) electrons. The predicted molar refractivity (Wildman–Crippen MR) is 122 cm³/mol. The number of aromatic nitrogens is 1. The van der Waals surface area contributed by atoms with Crippen molar-refractivity contribution in [1.29, 1.82) is 0 Å². The lowest BCUT2D eigenvalue weighted by Gasteiger charge is -2.26. The molecule has 33 heavy (non-hydrogen) atoms. The van der Waals surface area contributed by atoms with E-state index < -0.39 is 11.7 Å². The van der Waals surface area contributed by atoms with Crippen LogP contribution < -0.4 is 0 Å². The summed E-state index contributed by atoms with van der Waals surface area (Å²) in [5, 5.41) is 0. The minimum absolute atomic E-state index is 0.348. The van der Waals surface area contributed by atoms with Crippen molar-refractivity contribution in [2.24, 2.45) is 5.92 Å². The highest BCUT2D eigenvalue weighted by Crippen LogP contribution is 2.30. The Morgan fingerprint density at radius 1 is 1.03 bits per heavy atom. The van der Waals surface area contributed by atoms with Gasteiger partial charge >= 0.3 is 12.1 Å². The van der Waals surface area contributed by atoms with Gasteiger partial charge in [0.1, 0.15) is 0 Å². The van der Waals surface area contributed by atoms with Crippen LogP contribution in [0.1, 0.15) is 46.6 Å². The molecule has 1 aromatic heterocycles. The number of carbonyl (C=O) groups is 1. The van der Waals surface area contributed by atoms with E-state index in [2.05, 4.69) is 18.7 Å². The number of ether oxygens (including phenoxy) is 1. The molecule has 2 aromatic carbocycles. The molecular weight excluding hydrogens is 429 g/mol. The number of carbonyl (C=O) groups excluding carboxylic acids is 1. The van der Waals surface area contributed by atoms with Crippen molar-refractivity contribution in [3.8, 4) is 0 Å². The Labute approximate surface area is 192 Å². The molecule has 0 bridgehead atoms. The van der Waals surface area contributed by atoms with Crippen LogP contribution in [-0.4, -0.2) is 29.1 Å². The summed E-state index contributed by atoms with van der Waals surface area (Å²) in [5.41, 5.74) is 2.35. The second-order valence-electron chi connectivity index (χ2n) is 8.54. The lowest BCUT2D eigenvalue weighted by atomic mass is 10.1. The maximum absolute atomic E-state index is 13.1. The molecule has 1 heterocycles. The van der Waals surface area contributed by atoms with Crippen molar-refractivity contribution in [1.82, 2.24) is 9.47 Å². The van der Waals surface area contributed by atoms with E-state index in [4.69, 9.17) is 4.74 Å². The molecule has 0 N–H and O–H groups in total. The molecule has 0 atom stereocenters. The summed E-state index contributed by atoms with van der Waals surface area (Å²) in [4.78, 5) is 14.4. The molecule has 3 rings (SSSR count). The van der Waals surface area contributed by atoms with E-state index >= 15 is 0 Å². The van der Waals surface area contributed by atoms with Gasteiger partial charge in [-0.1, -0.05) is 44.2 Å². The van der Waals surface area contributed by atoms with E-state index in [1.807, 2.05) is 41.1 Å². The van der Waals surface area contributed by atoms with Crippen molar-refractivity contribution in [2.45, 2.75) is 39.7 Å². The van der Waals surface area contributed by atoms with Crippen LogP contribution in [0.4, 0.5) is 13.2 Å². The molecule has 0 amide bonds. The number of benzene rings is 2. The number of alkyl halides is 3. The average Bonchev–Trinajstić information content (AvgIpc) is 3.19. The van der Waals surface area contributed by atoms with Gasteiger partial charge in [0, 0.05) is 38.1 Å². The molecule has 0 aliphatic carbocycles. The highest BCUT2D eigenvalue weighted by molar-refractivity contribution is 5.90. The van der Waals surface area contributed by atoms with Crippen molar-refractivity contribution >= 4 is 5.97 Å². The first-order valence-electron chi connectivity index (χ1n) is 10.9. The Morgan fingerprint density at radius 3 is 2.48 bits per heavy atom. The van der Waals surface area contributed by atoms with Crippen LogP contribution in [0.5, 0.6) is 0 Å². The van der Waals surface area contributed by atoms with Gasteiger partial charge in [-0.15, -0.1) is 0 Å². The van der Waals surface area contributed by atoms with Gasteiger partial charge in [-0.25, -0.2) is 4.79 Å². The zero-order chi connectivity index (χ0) is 24.0. The topological polar surface area (TPSA) is 34.5 Å². The molecule has 0 saturated carbocycles. The third-order valence-electron chi connectivity index (χ3n) is 5.36. The van der Waals surface area contributed by atoms with E-state index in [-0.39, 0.29) is 5.97 Å². The van der Waals surface area contributed by atoms with Crippen LogP contribution in [0.2, 0.25) is 0 Å². The van der Waals surface area contributed by atoms with Gasteiger partial charge in [-0.3, -0.25) is 4.90 Å². The van der Waals surface area contributed by atoms with Crippen molar-refractivity contribution < 1.29 is 22.7 Å². The first-order chi connectivity index (χ1) is 15.7. The molecular formula is C26H29F3N2O2.